The first-order chi connectivity index (χ1) is 7.20. The zero-order valence-corrected chi connectivity index (χ0v) is 9.57. The van der Waals surface area contributed by atoms with E-state index in [9.17, 15) is 4.79 Å². The first-order valence-electron chi connectivity index (χ1n) is 4.59. The first-order valence-corrected chi connectivity index (χ1v) is 5.38. The van der Waals surface area contributed by atoms with Crippen LogP contribution in [0, 0.1) is 18.3 Å². The van der Waals surface area contributed by atoms with Crippen LogP contribution in [-0.2, 0) is 4.79 Å². The summed E-state index contributed by atoms with van der Waals surface area (Å²) in [4.78, 5) is 17.4. The van der Waals surface area contributed by atoms with Gasteiger partial charge in [0.2, 0.25) is 5.91 Å². The lowest BCUT2D eigenvalue weighted by atomic mass is 10.1. The van der Waals surface area contributed by atoms with E-state index in [1.54, 1.807) is 11.1 Å². The van der Waals surface area contributed by atoms with E-state index in [4.69, 9.17) is 6.42 Å². The Morgan fingerprint density at radius 3 is 3.07 bits per heavy atom. The molecule has 0 aliphatic carbocycles. The van der Waals surface area contributed by atoms with Crippen LogP contribution in [-0.4, -0.2) is 17.4 Å². The molecule has 1 aromatic rings. The highest BCUT2D eigenvalue weighted by Gasteiger charge is 2.29. The minimum absolute atomic E-state index is 0.0123. The van der Waals surface area contributed by atoms with Crippen LogP contribution >= 0.6 is 15.9 Å². The Bertz CT molecular complexity index is 438. The van der Waals surface area contributed by atoms with Crippen molar-refractivity contribution in [3.8, 4) is 12.3 Å². The fourth-order valence-corrected chi connectivity index (χ4v) is 1.90. The molecule has 76 valence electrons. The summed E-state index contributed by atoms with van der Waals surface area (Å²) in [6, 6.07) is 3.64. The minimum atomic E-state index is 0.0123. The molecule has 15 heavy (non-hydrogen) atoms. The number of hydrogen-bond donors (Lipinski definition) is 0. The van der Waals surface area contributed by atoms with Crippen molar-refractivity contribution >= 4 is 27.7 Å². The Kier molecular flexibility index (Phi) is 2.74. The van der Waals surface area contributed by atoms with Crippen molar-refractivity contribution in [3.05, 3.63) is 22.8 Å². The number of aromatic nitrogens is 1. The molecular formula is C11H9BrN2O. The molecule has 1 fully saturated rings. The smallest absolute Gasteiger partial charge is 0.229 e. The molecule has 0 bridgehead atoms. The average Bonchev–Trinajstić information content (AvgIpc) is 2.60. The molecule has 1 aromatic heterocycles. The van der Waals surface area contributed by atoms with E-state index in [2.05, 4.69) is 26.8 Å². The predicted octanol–water partition coefficient (Wildman–Crippen LogP) is 1.83. The van der Waals surface area contributed by atoms with Gasteiger partial charge in [-0.25, -0.2) is 4.98 Å². The van der Waals surface area contributed by atoms with Gasteiger partial charge in [0.1, 0.15) is 5.82 Å². The molecule has 2 rings (SSSR count). The Hall–Kier alpha value is -1.34. The van der Waals surface area contributed by atoms with E-state index in [1.165, 1.54) is 0 Å². The van der Waals surface area contributed by atoms with Crippen LogP contribution in [0.25, 0.3) is 0 Å². The molecular weight excluding hydrogens is 256 g/mol. The van der Waals surface area contributed by atoms with Gasteiger partial charge < -0.3 is 0 Å². The summed E-state index contributed by atoms with van der Waals surface area (Å²) in [6.07, 6.45) is 7.39. The van der Waals surface area contributed by atoms with E-state index in [1.807, 2.05) is 12.1 Å². The van der Waals surface area contributed by atoms with Crippen molar-refractivity contribution in [2.24, 2.45) is 5.92 Å². The number of amides is 1. The van der Waals surface area contributed by atoms with E-state index >= 15 is 0 Å². The van der Waals surface area contributed by atoms with Crippen molar-refractivity contribution in [2.75, 3.05) is 11.4 Å². The predicted molar refractivity (Wildman–Crippen MR) is 61.2 cm³/mol. The van der Waals surface area contributed by atoms with Crippen LogP contribution in [0.15, 0.2) is 22.8 Å². The fourth-order valence-electron chi connectivity index (χ4n) is 1.58. The van der Waals surface area contributed by atoms with Crippen LogP contribution in [0.2, 0.25) is 0 Å². The maximum atomic E-state index is 11.6. The Morgan fingerprint density at radius 1 is 1.67 bits per heavy atom. The molecule has 1 saturated heterocycles. The number of rotatable bonds is 1. The standard InChI is InChI=1S/C11H9BrN2O/c1-2-8-5-11(15)14(7-8)10-6-9(12)3-4-13-10/h1,3-4,6,8H,5,7H2. The summed E-state index contributed by atoms with van der Waals surface area (Å²) in [5, 5.41) is 0. The largest absolute Gasteiger partial charge is 0.295 e. The van der Waals surface area contributed by atoms with Crippen molar-refractivity contribution in [3.63, 3.8) is 0 Å². The fraction of sp³-hybridized carbons (Fsp3) is 0.273. The summed E-state index contributed by atoms with van der Waals surface area (Å²) < 4.78 is 0.907. The van der Waals surface area contributed by atoms with Gasteiger partial charge in [0.25, 0.3) is 0 Å². The van der Waals surface area contributed by atoms with E-state index in [-0.39, 0.29) is 11.8 Å². The molecule has 1 amide bonds. The van der Waals surface area contributed by atoms with Crippen LogP contribution in [0.4, 0.5) is 5.82 Å². The van der Waals surface area contributed by atoms with Gasteiger partial charge in [-0.2, -0.15) is 0 Å². The van der Waals surface area contributed by atoms with Gasteiger partial charge in [-0.05, 0) is 12.1 Å². The third kappa shape index (κ3) is 2.02. The molecule has 0 N–H and O–H groups in total. The first kappa shape index (κ1) is 10.2. The maximum absolute atomic E-state index is 11.6. The molecule has 0 saturated carbocycles. The Morgan fingerprint density at radius 2 is 2.47 bits per heavy atom. The normalized spacial score (nSPS) is 20.4. The second-order valence-corrected chi connectivity index (χ2v) is 4.32. The lowest BCUT2D eigenvalue weighted by Crippen LogP contribution is -2.25. The number of nitrogens with zero attached hydrogens (tertiary/aromatic N) is 2. The van der Waals surface area contributed by atoms with Crippen LogP contribution in [0.1, 0.15) is 6.42 Å². The van der Waals surface area contributed by atoms with E-state index in [0.29, 0.717) is 18.8 Å². The lowest BCUT2D eigenvalue weighted by Gasteiger charge is -2.14. The molecule has 0 radical (unpaired) electrons. The second-order valence-electron chi connectivity index (χ2n) is 3.40. The monoisotopic (exact) mass is 264 g/mol. The summed E-state index contributed by atoms with van der Waals surface area (Å²) in [5.74, 6) is 3.32. The van der Waals surface area contributed by atoms with Crippen molar-refractivity contribution < 1.29 is 4.79 Å². The highest BCUT2D eigenvalue weighted by atomic mass is 79.9. The summed E-state index contributed by atoms with van der Waals surface area (Å²) in [5.41, 5.74) is 0. The molecule has 1 aliphatic rings. The van der Waals surface area contributed by atoms with Crippen molar-refractivity contribution in [1.29, 1.82) is 0 Å². The Labute approximate surface area is 96.6 Å². The second kappa shape index (κ2) is 4.03. The quantitative estimate of drug-likeness (QED) is 0.726. The van der Waals surface area contributed by atoms with Crippen LogP contribution in [0.5, 0.6) is 0 Å². The highest BCUT2D eigenvalue weighted by Crippen LogP contribution is 2.24. The van der Waals surface area contributed by atoms with Crippen LogP contribution in [0.3, 0.4) is 0 Å². The third-order valence-corrected chi connectivity index (χ3v) is 2.84. The number of terminal acetylenes is 1. The zero-order valence-electron chi connectivity index (χ0n) is 7.98. The average molecular weight is 265 g/mol. The van der Waals surface area contributed by atoms with Gasteiger partial charge >= 0.3 is 0 Å². The van der Waals surface area contributed by atoms with Crippen molar-refractivity contribution in [1.82, 2.24) is 4.98 Å². The molecule has 3 nitrogen and oxygen atoms in total. The van der Waals surface area contributed by atoms with Gasteiger partial charge in [0.15, 0.2) is 0 Å². The van der Waals surface area contributed by atoms with Crippen LogP contribution < -0.4 is 4.90 Å². The number of anilines is 1. The molecule has 1 unspecified atom stereocenters. The van der Waals surface area contributed by atoms with Gasteiger partial charge in [-0.3, -0.25) is 9.69 Å². The number of hydrogen-bond acceptors (Lipinski definition) is 2. The molecule has 2 heterocycles. The number of carbonyl (C=O) groups excluding carboxylic acids is 1. The van der Waals surface area contributed by atoms with Gasteiger partial charge in [-0.15, -0.1) is 12.3 Å². The molecule has 1 atom stereocenters. The SMILES string of the molecule is C#CC1CC(=O)N(c2cc(Br)ccn2)C1. The number of carbonyl (C=O) groups is 1. The molecule has 0 aromatic carbocycles. The third-order valence-electron chi connectivity index (χ3n) is 2.34. The molecule has 4 heteroatoms. The summed E-state index contributed by atoms with van der Waals surface area (Å²) in [7, 11) is 0. The number of pyridine rings is 1. The highest BCUT2D eigenvalue weighted by molar-refractivity contribution is 9.10. The summed E-state index contributed by atoms with van der Waals surface area (Å²) >= 11 is 3.34. The zero-order chi connectivity index (χ0) is 10.8. The number of halogens is 1. The molecule has 0 spiro atoms. The summed E-state index contributed by atoms with van der Waals surface area (Å²) in [6.45, 7) is 0.568. The minimum Gasteiger partial charge on any atom is -0.295 e. The maximum Gasteiger partial charge on any atom is 0.229 e. The van der Waals surface area contributed by atoms with E-state index in [0.717, 1.165) is 4.47 Å². The van der Waals surface area contributed by atoms with E-state index < -0.39 is 0 Å². The van der Waals surface area contributed by atoms with Crippen molar-refractivity contribution in [2.45, 2.75) is 6.42 Å². The molecule has 1 aliphatic heterocycles. The lowest BCUT2D eigenvalue weighted by molar-refractivity contribution is -0.117. The van der Waals surface area contributed by atoms with Gasteiger partial charge in [0, 0.05) is 29.6 Å². The topological polar surface area (TPSA) is 33.2 Å². The Balaban J connectivity index is 2.26. The van der Waals surface area contributed by atoms with Gasteiger partial charge in [0.05, 0.1) is 0 Å². The van der Waals surface area contributed by atoms with Gasteiger partial charge in [-0.1, -0.05) is 15.9 Å².